The van der Waals surface area contributed by atoms with Crippen LogP contribution in [0.2, 0.25) is 5.02 Å². The highest BCUT2D eigenvalue weighted by Gasteiger charge is 2.16. The normalized spacial score (nSPS) is 10.4. The van der Waals surface area contributed by atoms with Crippen LogP contribution < -0.4 is 15.4 Å². The number of H-pyrrole nitrogens is 1. The Hall–Kier alpha value is -3.06. The summed E-state index contributed by atoms with van der Waals surface area (Å²) in [6.45, 7) is 2.92. The molecule has 0 saturated carbocycles. The number of benzene rings is 2. The van der Waals surface area contributed by atoms with E-state index in [4.69, 9.17) is 16.3 Å². The first-order valence-corrected chi connectivity index (χ1v) is 8.47. The fourth-order valence-electron chi connectivity index (χ4n) is 2.32. The summed E-state index contributed by atoms with van der Waals surface area (Å²) in [5.41, 5.74) is 1.84. The molecule has 2 aromatic carbocycles. The number of aromatic nitrogens is 3. The molecule has 0 spiro atoms. The van der Waals surface area contributed by atoms with Crippen molar-refractivity contribution in [3.8, 4) is 5.75 Å². The highest BCUT2D eigenvalue weighted by Crippen LogP contribution is 2.20. The summed E-state index contributed by atoms with van der Waals surface area (Å²) in [5.74, 6) is 0.792. The van der Waals surface area contributed by atoms with Crippen molar-refractivity contribution in [2.45, 2.75) is 13.5 Å². The monoisotopic (exact) mass is 371 g/mol. The highest BCUT2D eigenvalue weighted by atomic mass is 35.5. The number of carbonyl (C=O) groups is 1. The Morgan fingerprint density at radius 1 is 1.19 bits per heavy atom. The van der Waals surface area contributed by atoms with E-state index in [0.29, 0.717) is 29.7 Å². The van der Waals surface area contributed by atoms with E-state index < -0.39 is 0 Å². The molecule has 0 bridgehead atoms. The number of aromatic amines is 1. The number of nitrogens with zero attached hydrogens (tertiary/aromatic N) is 2. The van der Waals surface area contributed by atoms with Crippen molar-refractivity contribution in [3.63, 3.8) is 0 Å². The van der Waals surface area contributed by atoms with Gasteiger partial charge in [-0.3, -0.25) is 4.79 Å². The lowest BCUT2D eigenvalue weighted by atomic mass is 10.2. The molecular formula is C18H18ClN5O2. The molecule has 3 aromatic rings. The first-order valence-electron chi connectivity index (χ1n) is 8.09. The van der Waals surface area contributed by atoms with E-state index in [0.717, 1.165) is 11.3 Å². The highest BCUT2D eigenvalue weighted by molar-refractivity contribution is 6.30. The second kappa shape index (κ2) is 8.35. The third-order valence-electron chi connectivity index (χ3n) is 3.54. The molecule has 3 N–H and O–H groups in total. The fourth-order valence-corrected chi connectivity index (χ4v) is 2.51. The van der Waals surface area contributed by atoms with Gasteiger partial charge < -0.3 is 15.4 Å². The van der Waals surface area contributed by atoms with Gasteiger partial charge in [-0.15, -0.1) is 10.2 Å². The number of hydrogen-bond donors (Lipinski definition) is 3. The average Bonchev–Trinajstić information content (AvgIpc) is 3.09. The van der Waals surface area contributed by atoms with Crippen molar-refractivity contribution >= 4 is 29.0 Å². The molecule has 0 radical (unpaired) electrons. The lowest BCUT2D eigenvalue weighted by Gasteiger charge is -2.07. The first kappa shape index (κ1) is 17.8. The molecular weight excluding hydrogens is 354 g/mol. The minimum absolute atomic E-state index is 0.177. The van der Waals surface area contributed by atoms with Gasteiger partial charge in [-0.2, -0.15) is 5.21 Å². The minimum atomic E-state index is -0.336. The lowest BCUT2D eigenvalue weighted by molar-refractivity contribution is 0.0946. The molecule has 3 rings (SSSR count). The molecule has 0 aliphatic carbocycles. The number of halogens is 1. The standard InChI is InChI=1S/C18H18ClN5O2/c1-2-26-15-8-6-12(7-9-15)11-20-18(25)16-17(23-24-22-16)21-14-5-3-4-13(19)10-14/h3-10H,2,11H2,1H3,(H,20,25)(H2,21,22,23,24). The van der Waals surface area contributed by atoms with Crippen LogP contribution in [0.4, 0.5) is 11.5 Å². The topological polar surface area (TPSA) is 91.9 Å². The first-order chi connectivity index (χ1) is 12.7. The van der Waals surface area contributed by atoms with Gasteiger partial charge in [0.25, 0.3) is 5.91 Å². The van der Waals surface area contributed by atoms with Gasteiger partial charge in [0.2, 0.25) is 0 Å². The fraction of sp³-hybridized carbons (Fsp3) is 0.167. The van der Waals surface area contributed by atoms with E-state index in [9.17, 15) is 4.79 Å². The molecule has 0 aliphatic heterocycles. The zero-order chi connectivity index (χ0) is 18.4. The third kappa shape index (κ3) is 4.52. The van der Waals surface area contributed by atoms with E-state index in [1.54, 1.807) is 18.2 Å². The van der Waals surface area contributed by atoms with Crippen LogP contribution in [0, 0.1) is 0 Å². The predicted octanol–water partition coefficient (Wildman–Crippen LogP) is 3.53. The van der Waals surface area contributed by atoms with Gasteiger partial charge in [-0.1, -0.05) is 29.8 Å². The third-order valence-corrected chi connectivity index (χ3v) is 3.77. The van der Waals surface area contributed by atoms with Gasteiger partial charge >= 0.3 is 0 Å². The van der Waals surface area contributed by atoms with E-state index in [-0.39, 0.29) is 11.6 Å². The maximum absolute atomic E-state index is 12.4. The van der Waals surface area contributed by atoms with E-state index in [1.165, 1.54) is 0 Å². The maximum atomic E-state index is 12.4. The van der Waals surface area contributed by atoms with Crippen molar-refractivity contribution in [1.82, 2.24) is 20.7 Å². The Bertz CT molecular complexity index is 879. The van der Waals surface area contributed by atoms with Crippen LogP contribution in [-0.4, -0.2) is 27.9 Å². The molecule has 134 valence electrons. The summed E-state index contributed by atoms with van der Waals surface area (Å²) in [4.78, 5) is 12.4. The summed E-state index contributed by atoms with van der Waals surface area (Å²) in [7, 11) is 0. The predicted molar refractivity (Wildman–Crippen MR) is 99.9 cm³/mol. The lowest BCUT2D eigenvalue weighted by Crippen LogP contribution is -2.24. The molecule has 26 heavy (non-hydrogen) atoms. The molecule has 1 aromatic heterocycles. The maximum Gasteiger partial charge on any atom is 0.275 e. The van der Waals surface area contributed by atoms with Crippen molar-refractivity contribution in [2.24, 2.45) is 0 Å². The number of carbonyl (C=O) groups excluding carboxylic acids is 1. The second-order valence-corrected chi connectivity index (χ2v) is 5.85. The summed E-state index contributed by atoms with van der Waals surface area (Å²) >= 11 is 5.96. The number of ether oxygens (including phenoxy) is 1. The molecule has 7 nitrogen and oxygen atoms in total. The molecule has 0 aliphatic rings. The van der Waals surface area contributed by atoms with E-state index >= 15 is 0 Å². The summed E-state index contributed by atoms with van der Waals surface area (Å²) in [6.07, 6.45) is 0. The molecule has 1 amide bonds. The van der Waals surface area contributed by atoms with Crippen LogP contribution in [0.3, 0.4) is 0 Å². The summed E-state index contributed by atoms with van der Waals surface area (Å²) in [5, 5.41) is 16.8. The molecule has 0 unspecified atom stereocenters. The Morgan fingerprint density at radius 2 is 2.00 bits per heavy atom. The van der Waals surface area contributed by atoms with Gasteiger partial charge in [0.05, 0.1) is 6.61 Å². The zero-order valence-corrected chi connectivity index (χ0v) is 14.9. The van der Waals surface area contributed by atoms with E-state index in [2.05, 4.69) is 26.0 Å². The van der Waals surface area contributed by atoms with Crippen LogP contribution in [0.15, 0.2) is 48.5 Å². The minimum Gasteiger partial charge on any atom is -0.494 e. The van der Waals surface area contributed by atoms with Gasteiger partial charge in [0, 0.05) is 17.3 Å². The Balaban J connectivity index is 1.62. The van der Waals surface area contributed by atoms with Gasteiger partial charge in [0.1, 0.15) is 5.75 Å². The van der Waals surface area contributed by atoms with Crippen LogP contribution >= 0.6 is 11.6 Å². The van der Waals surface area contributed by atoms with Crippen LogP contribution in [-0.2, 0) is 6.54 Å². The molecule has 0 atom stereocenters. The second-order valence-electron chi connectivity index (χ2n) is 5.42. The largest absolute Gasteiger partial charge is 0.494 e. The number of anilines is 2. The van der Waals surface area contributed by atoms with Gasteiger partial charge in [-0.25, -0.2) is 0 Å². The molecule has 8 heteroatoms. The zero-order valence-electron chi connectivity index (χ0n) is 14.1. The molecule has 0 fully saturated rings. The SMILES string of the molecule is CCOc1ccc(CNC(=O)c2n[nH]nc2Nc2cccc(Cl)c2)cc1. The van der Waals surface area contributed by atoms with Crippen molar-refractivity contribution in [1.29, 1.82) is 0 Å². The van der Waals surface area contributed by atoms with Crippen LogP contribution in [0.5, 0.6) is 5.75 Å². The van der Waals surface area contributed by atoms with E-state index in [1.807, 2.05) is 37.3 Å². The number of hydrogen-bond acceptors (Lipinski definition) is 5. The van der Waals surface area contributed by atoms with Crippen molar-refractivity contribution < 1.29 is 9.53 Å². The summed E-state index contributed by atoms with van der Waals surface area (Å²) in [6, 6.07) is 14.7. The number of nitrogens with one attached hydrogen (secondary N) is 3. The van der Waals surface area contributed by atoms with Crippen molar-refractivity contribution in [3.05, 3.63) is 64.8 Å². The number of amides is 1. The van der Waals surface area contributed by atoms with Crippen LogP contribution in [0.25, 0.3) is 0 Å². The van der Waals surface area contributed by atoms with Crippen LogP contribution in [0.1, 0.15) is 23.0 Å². The van der Waals surface area contributed by atoms with Gasteiger partial charge in [0.15, 0.2) is 11.5 Å². The average molecular weight is 372 g/mol. The Morgan fingerprint density at radius 3 is 2.73 bits per heavy atom. The smallest absolute Gasteiger partial charge is 0.275 e. The molecule has 1 heterocycles. The Kier molecular flexibility index (Phi) is 5.70. The van der Waals surface area contributed by atoms with Gasteiger partial charge in [-0.05, 0) is 42.8 Å². The molecule has 0 saturated heterocycles. The quantitative estimate of drug-likeness (QED) is 0.591. The number of rotatable bonds is 7. The van der Waals surface area contributed by atoms with Crippen molar-refractivity contribution in [2.75, 3.05) is 11.9 Å². The summed E-state index contributed by atoms with van der Waals surface area (Å²) < 4.78 is 5.40. The Labute approximate surface area is 155 Å².